The number of ketones is 1. The number of carbonyl (C=O) groups excluding carboxylic acids is 6. The Morgan fingerprint density at radius 3 is 2.14 bits per heavy atom. The molecule has 1 unspecified atom stereocenters. The standard InChI is InChI=1S/C36H62N6O7/c1-22(2)24-19-26(31(45)38-25(28(43)30(37)44)16-10-9-13-23-14-11-15-23)42(20-24)32(46)29(36(6,7)8)40-33(47)39-27(35(3,4)5)21-41-17-12-18-49-34(41)48/h22-27,29H,9-21H2,1-8H3,(H2,37,44)(H,38,45)(H2,39,40,47)/t24-,25?,26+,27-,29-/m1/s1. The van der Waals surface area contributed by atoms with Crippen LogP contribution in [0.1, 0.15) is 113 Å². The second-order valence-corrected chi connectivity index (χ2v) is 16.9. The highest BCUT2D eigenvalue weighted by molar-refractivity contribution is 6.37. The summed E-state index contributed by atoms with van der Waals surface area (Å²) >= 11 is 0. The second kappa shape index (κ2) is 17.0. The molecule has 0 bridgehead atoms. The lowest BCUT2D eigenvalue weighted by atomic mass is 9.81. The minimum Gasteiger partial charge on any atom is -0.449 e. The van der Waals surface area contributed by atoms with Crippen molar-refractivity contribution < 1.29 is 33.5 Å². The fourth-order valence-electron chi connectivity index (χ4n) is 6.78. The zero-order valence-electron chi connectivity index (χ0n) is 31.1. The highest BCUT2D eigenvalue weighted by Gasteiger charge is 2.46. The number of hydrogen-bond donors (Lipinski definition) is 4. The first kappa shape index (κ1) is 40.1. The summed E-state index contributed by atoms with van der Waals surface area (Å²) in [5.41, 5.74) is 4.21. The maximum atomic E-state index is 14.4. The van der Waals surface area contributed by atoms with E-state index in [4.69, 9.17) is 10.5 Å². The number of unbranched alkanes of at least 4 members (excludes halogenated alkanes) is 1. The topological polar surface area (TPSA) is 180 Å². The molecule has 0 aromatic heterocycles. The molecule has 5 atom stereocenters. The number of nitrogens with one attached hydrogen (secondary N) is 3. The SMILES string of the molecule is CC(C)[C@@H]1C[C@@H](C(=O)NC(CCCCC2CCC2)C(=O)C(N)=O)N(C(=O)[C@@H](NC(=O)N[C@H](CN2CCCOC2=O)C(C)(C)C)C(C)(C)C)C1. The summed E-state index contributed by atoms with van der Waals surface area (Å²) < 4.78 is 5.18. The number of likely N-dealkylation sites (tertiary alicyclic amines) is 1. The van der Waals surface area contributed by atoms with Crippen LogP contribution in [0.4, 0.5) is 9.59 Å². The van der Waals surface area contributed by atoms with Gasteiger partial charge in [0.15, 0.2) is 0 Å². The van der Waals surface area contributed by atoms with Crippen molar-refractivity contribution in [3.63, 3.8) is 0 Å². The maximum absolute atomic E-state index is 14.4. The van der Waals surface area contributed by atoms with Crippen LogP contribution >= 0.6 is 0 Å². The molecular formula is C36H62N6O7. The molecule has 3 aliphatic rings. The van der Waals surface area contributed by atoms with E-state index in [0.717, 1.165) is 12.8 Å². The Balaban J connectivity index is 1.76. The van der Waals surface area contributed by atoms with Gasteiger partial charge in [0, 0.05) is 19.6 Å². The summed E-state index contributed by atoms with van der Waals surface area (Å²) in [5, 5.41) is 8.66. The van der Waals surface area contributed by atoms with E-state index in [1.165, 1.54) is 24.2 Å². The number of carbonyl (C=O) groups is 6. The third kappa shape index (κ3) is 11.3. The van der Waals surface area contributed by atoms with Gasteiger partial charge >= 0.3 is 12.1 Å². The van der Waals surface area contributed by atoms with Crippen molar-refractivity contribution in [1.82, 2.24) is 25.8 Å². The van der Waals surface area contributed by atoms with E-state index in [2.05, 4.69) is 16.0 Å². The van der Waals surface area contributed by atoms with Gasteiger partial charge in [-0.2, -0.15) is 0 Å². The summed E-state index contributed by atoms with van der Waals surface area (Å²) in [4.78, 5) is 82.0. The molecule has 13 nitrogen and oxygen atoms in total. The number of rotatable bonds is 15. The number of primary amides is 1. The van der Waals surface area contributed by atoms with Gasteiger partial charge in [-0.3, -0.25) is 19.2 Å². The van der Waals surface area contributed by atoms with Crippen LogP contribution in [0.25, 0.3) is 0 Å². The lowest BCUT2D eigenvalue weighted by Crippen LogP contribution is -2.62. The molecule has 3 fully saturated rings. The van der Waals surface area contributed by atoms with Crippen LogP contribution in [-0.2, 0) is 23.9 Å². The third-order valence-electron chi connectivity index (χ3n) is 10.5. The van der Waals surface area contributed by atoms with Crippen LogP contribution in [-0.4, -0.2) is 95.8 Å². The van der Waals surface area contributed by atoms with E-state index in [9.17, 15) is 28.8 Å². The number of hydrogen-bond acceptors (Lipinski definition) is 7. The van der Waals surface area contributed by atoms with Crippen LogP contribution in [0.2, 0.25) is 0 Å². The summed E-state index contributed by atoms with van der Waals surface area (Å²) in [6.07, 6.45) is 7.29. The number of cyclic esters (lactones) is 1. The number of nitrogens with two attached hydrogens (primary N) is 1. The van der Waals surface area contributed by atoms with Gasteiger partial charge in [0.05, 0.1) is 18.7 Å². The normalized spacial score (nSPS) is 22.1. The molecule has 2 saturated heterocycles. The summed E-state index contributed by atoms with van der Waals surface area (Å²) in [7, 11) is 0. The molecule has 49 heavy (non-hydrogen) atoms. The minimum absolute atomic E-state index is 0.0106. The Hall–Kier alpha value is -3.38. The average Bonchev–Trinajstić information content (AvgIpc) is 3.43. The van der Waals surface area contributed by atoms with Crippen molar-refractivity contribution in [3.8, 4) is 0 Å². The average molecular weight is 691 g/mol. The number of Topliss-reactive ketones (excluding diaryl/α,β-unsaturated/α-hetero) is 1. The van der Waals surface area contributed by atoms with Crippen LogP contribution in [0.3, 0.4) is 0 Å². The van der Waals surface area contributed by atoms with Crippen molar-refractivity contribution in [2.24, 2.45) is 34.3 Å². The molecule has 1 saturated carbocycles. The number of nitrogens with zero attached hydrogens (tertiary/aromatic N) is 2. The van der Waals surface area contributed by atoms with E-state index in [-0.39, 0.29) is 18.4 Å². The van der Waals surface area contributed by atoms with Gasteiger partial charge in [-0.05, 0) is 47.8 Å². The molecule has 3 rings (SSSR count). The van der Waals surface area contributed by atoms with Crippen molar-refractivity contribution in [1.29, 1.82) is 0 Å². The maximum Gasteiger partial charge on any atom is 0.409 e. The van der Waals surface area contributed by atoms with Gasteiger partial charge in [-0.25, -0.2) is 9.59 Å². The van der Waals surface area contributed by atoms with Gasteiger partial charge in [0.2, 0.25) is 17.6 Å². The fraction of sp³-hybridized carbons (Fsp3) is 0.833. The van der Waals surface area contributed by atoms with Crippen LogP contribution in [0, 0.1) is 28.6 Å². The van der Waals surface area contributed by atoms with E-state index < -0.39 is 70.6 Å². The second-order valence-electron chi connectivity index (χ2n) is 16.9. The van der Waals surface area contributed by atoms with Crippen molar-refractivity contribution in [2.75, 3.05) is 26.2 Å². The van der Waals surface area contributed by atoms with Gasteiger partial charge < -0.3 is 36.2 Å². The molecule has 1 aliphatic carbocycles. The molecule has 13 heteroatoms. The van der Waals surface area contributed by atoms with E-state index in [1.807, 2.05) is 55.4 Å². The van der Waals surface area contributed by atoms with Crippen LogP contribution in [0.15, 0.2) is 0 Å². The Morgan fingerprint density at radius 2 is 1.61 bits per heavy atom. The van der Waals surface area contributed by atoms with E-state index >= 15 is 0 Å². The molecule has 6 amide bonds. The Labute approximate surface area is 292 Å². The van der Waals surface area contributed by atoms with E-state index in [1.54, 1.807) is 4.90 Å². The zero-order chi connectivity index (χ0) is 36.7. The van der Waals surface area contributed by atoms with E-state index in [0.29, 0.717) is 51.3 Å². The van der Waals surface area contributed by atoms with Gasteiger partial charge in [0.1, 0.15) is 12.1 Å². The predicted molar refractivity (Wildman–Crippen MR) is 186 cm³/mol. The Morgan fingerprint density at radius 1 is 0.939 bits per heavy atom. The first-order valence-electron chi connectivity index (χ1n) is 18.2. The van der Waals surface area contributed by atoms with Crippen LogP contribution in [0.5, 0.6) is 0 Å². The summed E-state index contributed by atoms with van der Waals surface area (Å²) in [6, 6.07) is -3.95. The van der Waals surface area contributed by atoms with Crippen molar-refractivity contribution in [3.05, 3.63) is 0 Å². The Bertz CT molecular complexity index is 1210. The van der Waals surface area contributed by atoms with Crippen LogP contribution < -0.4 is 21.7 Å². The fourth-order valence-corrected chi connectivity index (χ4v) is 6.78. The summed E-state index contributed by atoms with van der Waals surface area (Å²) in [5.74, 6) is -1.96. The first-order chi connectivity index (χ1) is 22.8. The molecule has 2 aliphatic heterocycles. The van der Waals surface area contributed by atoms with Crippen molar-refractivity contribution >= 4 is 35.6 Å². The molecule has 278 valence electrons. The summed E-state index contributed by atoms with van der Waals surface area (Å²) in [6.45, 7) is 16.9. The molecule has 0 radical (unpaired) electrons. The zero-order valence-corrected chi connectivity index (χ0v) is 31.1. The number of urea groups is 1. The van der Waals surface area contributed by atoms with Gasteiger partial charge in [-0.15, -0.1) is 0 Å². The predicted octanol–water partition coefficient (Wildman–Crippen LogP) is 3.73. The highest BCUT2D eigenvalue weighted by Crippen LogP contribution is 2.33. The minimum atomic E-state index is -1.10. The molecule has 0 spiro atoms. The largest absolute Gasteiger partial charge is 0.449 e. The molecule has 0 aromatic rings. The van der Waals surface area contributed by atoms with Crippen molar-refractivity contribution in [2.45, 2.75) is 137 Å². The molecule has 0 aromatic carbocycles. The Kier molecular flexibility index (Phi) is 13.9. The lowest BCUT2D eigenvalue weighted by Gasteiger charge is -2.39. The van der Waals surface area contributed by atoms with Gasteiger partial charge in [-0.1, -0.05) is 93.9 Å². The smallest absolute Gasteiger partial charge is 0.409 e. The highest BCUT2D eigenvalue weighted by atomic mass is 16.6. The molecule has 5 N–H and O–H groups in total. The monoisotopic (exact) mass is 690 g/mol. The molecular weight excluding hydrogens is 628 g/mol. The van der Waals surface area contributed by atoms with Gasteiger partial charge in [0.25, 0.3) is 5.91 Å². The number of amides is 6. The number of ether oxygens (including phenoxy) is 1. The quantitative estimate of drug-likeness (QED) is 0.149. The lowest BCUT2D eigenvalue weighted by molar-refractivity contribution is -0.143. The molecule has 2 heterocycles. The first-order valence-corrected chi connectivity index (χ1v) is 18.2. The third-order valence-corrected chi connectivity index (χ3v) is 10.5.